The minimum atomic E-state index is -0.822. The van der Waals surface area contributed by atoms with Crippen molar-refractivity contribution in [1.29, 1.82) is 0 Å². The number of ether oxygens (including phenoxy) is 1. The molecule has 0 bridgehead atoms. The molecule has 2 rings (SSSR count). The smallest absolute Gasteiger partial charge is 0.245 e. The molecule has 1 atom stereocenters. The first-order chi connectivity index (χ1) is 10.5. The van der Waals surface area contributed by atoms with Crippen LogP contribution in [0.1, 0.15) is 18.9 Å². The van der Waals surface area contributed by atoms with Crippen LogP contribution >= 0.6 is 11.6 Å². The summed E-state index contributed by atoms with van der Waals surface area (Å²) in [5.74, 6) is 0.201. The Morgan fingerprint density at radius 2 is 2.09 bits per heavy atom. The maximum absolute atomic E-state index is 14.3. The van der Waals surface area contributed by atoms with E-state index in [2.05, 4.69) is 5.92 Å². The van der Waals surface area contributed by atoms with Gasteiger partial charge >= 0.3 is 0 Å². The van der Waals surface area contributed by atoms with Crippen LogP contribution in [0.2, 0.25) is 0 Å². The molecule has 0 saturated heterocycles. The molecule has 0 fully saturated rings. The fourth-order valence-corrected chi connectivity index (χ4v) is 2.49. The van der Waals surface area contributed by atoms with Crippen molar-refractivity contribution in [1.82, 2.24) is 4.90 Å². The molecule has 1 heterocycles. The zero-order valence-corrected chi connectivity index (χ0v) is 12.7. The third-order valence-electron chi connectivity index (χ3n) is 3.25. The number of terminal acetylenes is 1. The molecule has 0 aromatic heterocycles. The molecule has 0 radical (unpaired) electrons. The second kappa shape index (κ2) is 6.80. The van der Waals surface area contributed by atoms with Gasteiger partial charge in [0, 0.05) is 18.7 Å². The standard InChI is InChI=1S/C16H14ClF2NO2/c1-3-7-22-10-8-12(18)15(13(19)9-10)14-6-5-11(17)16(21)20(14)4-2/h1,6,8-9,11H,4-5,7H2,2H3. The number of alkyl halides is 1. The third kappa shape index (κ3) is 3.07. The van der Waals surface area contributed by atoms with E-state index in [1.807, 2.05) is 0 Å². The van der Waals surface area contributed by atoms with Gasteiger partial charge in [0.2, 0.25) is 5.91 Å². The molecule has 3 nitrogen and oxygen atoms in total. The van der Waals surface area contributed by atoms with Gasteiger partial charge in [0.15, 0.2) is 0 Å². The van der Waals surface area contributed by atoms with Crippen LogP contribution in [0.25, 0.3) is 5.70 Å². The summed E-state index contributed by atoms with van der Waals surface area (Å²) in [5.41, 5.74) is -0.0882. The minimum Gasteiger partial charge on any atom is -0.481 e. The summed E-state index contributed by atoms with van der Waals surface area (Å²) < 4.78 is 33.6. The van der Waals surface area contributed by atoms with Crippen molar-refractivity contribution in [3.63, 3.8) is 0 Å². The largest absolute Gasteiger partial charge is 0.481 e. The van der Waals surface area contributed by atoms with Crippen LogP contribution in [0.15, 0.2) is 18.2 Å². The first kappa shape index (κ1) is 16.3. The average molecular weight is 326 g/mol. The summed E-state index contributed by atoms with van der Waals surface area (Å²) in [6.45, 7) is 1.89. The Hall–Kier alpha value is -2.06. The van der Waals surface area contributed by atoms with Crippen molar-refractivity contribution in [2.45, 2.75) is 18.7 Å². The molecule has 0 saturated carbocycles. The number of carbonyl (C=O) groups is 1. The van der Waals surface area contributed by atoms with Crippen molar-refractivity contribution < 1.29 is 18.3 Å². The molecular formula is C16H14ClF2NO2. The van der Waals surface area contributed by atoms with Crippen LogP contribution < -0.4 is 4.74 Å². The van der Waals surface area contributed by atoms with Crippen LogP contribution in [-0.4, -0.2) is 29.3 Å². The Bertz CT molecular complexity index is 644. The Balaban J connectivity index is 2.44. The number of benzene rings is 1. The highest BCUT2D eigenvalue weighted by atomic mass is 35.5. The van der Waals surface area contributed by atoms with Gasteiger partial charge in [-0.3, -0.25) is 4.79 Å². The van der Waals surface area contributed by atoms with Gasteiger partial charge in [-0.05, 0) is 13.3 Å². The van der Waals surface area contributed by atoms with Crippen LogP contribution in [0.3, 0.4) is 0 Å². The van der Waals surface area contributed by atoms with Crippen LogP contribution in [-0.2, 0) is 4.79 Å². The summed E-state index contributed by atoms with van der Waals surface area (Å²) in [5, 5.41) is -0.715. The van der Waals surface area contributed by atoms with Crippen LogP contribution in [0.5, 0.6) is 5.75 Å². The van der Waals surface area contributed by atoms with Crippen molar-refractivity contribution in [2.75, 3.05) is 13.2 Å². The maximum atomic E-state index is 14.3. The topological polar surface area (TPSA) is 29.5 Å². The molecule has 1 aliphatic rings. The van der Waals surface area contributed by atoms with Crippen molar-refractivity contribution in [3.05, 3.63) is 35.4 Å². The molecule has 0 spiro atoms. The Kier molecular flexibility index (Phi) is 5.04. The van der Waals surface area contributed by atoms with Gasteiger partial charge in [0.05, 0.1) is 11.3 Å². The highest BCUT2D eigenvalue weighted by Crippen LogP contribution is 2.33. The van der Waals surface area contributed by atoms with Gasteiger partial charge in [0.1, 0.15) is 29.4 Å². The van der Waals surface area contributed by atoms with E-state index < -0.39 is 17.0 Å². The molecule has 1 aromatic rings. The van der Waals surface area contributed by atoms with Crippen molar-refractivity contribution in [3.8, 4) is 18.1 Å². The highest BCUT2D eigenvalue weighted by Gasteiger charge is 2.31. The van der Waals surface area contributed by atoms with Gasteiger partial charge in [-0.15, -0.1) is 18.0 Å². The van der Waals surface area contributed by atoms with E-state index in [0.717, 1.165) is 12.1 Å². The number of halogens is 3. The number of rotatable bonds is 4. The normalized spacial score (nSPS) is 18.0. The zero-order valence-electron chi connectivity index (χ0n) is 11.9. The number of hydrogen-bond acceptors (Lipinski definition) is 2. The minimum absolute atomic E-state index is 0.00213. The molecular weight excluding hydrogens is 312 g/mol. The van der Waals surface area contributed by atoms with Crippen molar-refractivity contribution in [2.24, 2.45) is 0 Å². The molecule has 6 heteroatoms. The summed E-state index contributed by atoms with van der Waals surface area (Å²) in [6, 6.07) is 2.09. The van der Waals surface area contributed by atoms with E-state index in [-0.39, 0.29) is 42.5 Å². The van der Waals surface area contributed by atoms with E-state index >= 15 is 0 Å². The third-order valence-corrected chi connectivity index (χ3v) is 3.62. The molecule has 1 unspecified atom stereocenters. The average Bonchev–Trinajstić information content (AvgIpc) is 2.48. The number of nitrogens with zero attached hydrogens (tertiary/aromatic N) is 1. The van der Waals surface area contributed by atoms with Gasteiger partial charge in [-0.1, -0.05) is 12.0 Å². The number of hydrogen-bond donors (Lipinski definition) is 0. The van der Waals surface area contributed by atoms with E-state index in [9.17, 15) is 13.6 Å². The Labute approximate surface area is 132 Å². The lowest BCUT2D eigenvalue weighted by atomic mass is 10.0. The fraction of sp³-hybridized carbons (Fsp3) is 0.312. The Morgan fingerprint density at radius 3 is 2.64 bits per heavy atom. The van der Waals surface area contributed by atoms with E-state index in [1.165, 1.54) is 4.90 Å². The van der Waals surface area contributed by atoms with Crippen LogP contribution in [0, 0.1) is 24.0 Å². The molecule has 1 amide bonds. The van der Waals surface area contributed by atoms with Gasteiger partial charge in [0.25, 0.3) is 0 Å². The lowest BCUT2D eigenvalue weighted by molar-refractivity contribution is -0.127. The van der Waals surface area contributed by atoms with Gasteiger partial charge < -0.3 is 9.64 Å². The monoisotopic (exact) mass is 325 g/mol. The van der Waals surface area contributed by atoms with E-state index in [1.54, 1.807) is 13.0 Å². The SMILES string of the molecule is C#CCOc1cc(F)c(C2=CCC(Cl)C(=O)N2CC)c(F)c1. The summed E-state index contributed by atoms with van der Waals surface area (Å²) in [4.78, 5) is 13.3. The Morgan fingerprint density at radius 1 is 1.45 bits per heavy atom. The molecule has 1 aliphatic heterocycles. The molecule has 116 valence electrons. The summed E-state index contributed by atoms with van der Waals surface area (Å²) >= 11 is 5.89. The lowest BCUT2D eigenvalue weighted by Gasteiger charge is -2.30. The van der Waals surface area contributed by atoms with E-state index in [4.69, 9.17) is 22.8 Å². The number of carbonyl (C=O) groups excluding carboxylic acids is 1. The fourth-order valence-electron chi connectivity index (χ4n) is 2.28. The van der Waals surface area contributed by atoms with E-state index in [0.29, 0.717) is 0 Å². The second-order valence-corrected chi connectivity index (χ2v) is 5.16. The molecule has 0 aliphatic carbocycles. The van der Waals surface area contributed by atoms with Crippen molar-refractivity contribution >= 4 is 23.2 Å². The highest BCUT2D eigenvalue weighted by molar-refractivity contribution is 6.31. The predicted octanol–water partition coefficient (Wildman–Crippen LogP) is 3.18. The molecule has 1 aromatic carbocycles. The predicted molar refractivity (Wildman–Crippen MR) is 80.3 cm³/mol. The molecule has 22 heavy (non-hydrogen) atoms. The van der Waals surface area contributed by atoms with Crippen LogP contribution in [0.4, 0.5) is 8.78 Å². The quantitative estimate of drug-likeness (QED) is 0.628. The first-order valence-corrected chi connectivity index (χ1v) is 7.14. The second-order valence-electron chi connectivity index (χ2n) is 4.63. The van der Waals surface area contributed by atoms with Gasteiger partial charge in [-0.2, -0.15) is 0 Å². The zero-order chi connectivity index (χ0) is 16.3. The maximum Gasteiger partial charge on any atom is 0.245 e. The number of allylic oxidation sites excluding steroid dienone is 1. The lowest BCUT2D eigenvalue weighted by Crippen LogP contribution is -2.38. The molecule has 0 N–H and O–H groups in total. The summed E-state index contributed by atoms with van der Waals surface area (Å²) in [6.07, 6.45) is 6.82. The first-order valence-electron chi connectivity index (χ1n) is 6.70. The van der Waals surface area contributed by atoms with Gasteiger partial charge in [-0.25, -0.2) is 8.78 Å². The summed E-state index contributed by atoms with van der Waals surface area (Å²) in [7, 11) is 0. The number of amides is 1.